The van der Waals surface area contributed by atoms with E-state index in [2.05, 4.69) is 55.5 Å². The van der Waals surface area contributed by atoms with E-state index in [0.29, 0.717) is 12.6 Å². The maximum Gasteiger partial charge on any atom is 0.0558 e. The number of allylic oxidation sites excluding steroid dienone is 6. The SMILES string of the molecule is CN(C)C1C=CC(=C2C=CN(Cc3ccccc3N([O-])O)C=C2)C=C1. The number of nitrogens with zero attached hydrogens (tertiary/aromatic N) is 3. The molecule has 25 heavy (non-hydrogen) atoms. The Bertz CT molecular complexity index is 741. The molecule has 0 atom stereocenters. The molecule has 0 aromatic heterocycles. The molecule has 1 aromatic carbocycles. The van der Waals surface area contributed by atoms with Crippen LogP contribution in [0, 0.1) is 5.21 Å². The number of rotatable bonds is 4. The van der Waals surface area contributed by atoms with Crippen LogP contribution in [0.25, 0.3) is 0 Å². The number of hydrogen-bond donors (Lipinski definition) is 1. The Kier molecular flexibility index (Phi) is 5.19. The molecule has 1 aromatic rings. The highest BCUT2D eigenvalue weighted by molar-refractivity contribution is 5.53. The zero-order valence-corrected chi connectivity index (χ0v) is 14.4. The third kappa shape index (κ3) is 4.09. The van der Waals surface area contributed by atoms with E-state index in [0.717, 1.165) is 11.1 Å². The fourth-order valence-corrected chi connectivity index (χ4v) is 2.84. The van der Waals surface area contributed by atoms with Gasteiger partial charge in [-0.15, -0.1) is 0 Å². The van der Waals surface area contributed by atoms with E-state index < -0.39 is 0 Å². The van der Waals surface area contributed by atoms with Gasteiger partial charge >= 0.3 is 0 Å². The summed E-state index contributed by atoms with van der Waals surface area (Å²) in [7, 11) is 4.12. The molecule has 0 amide bonds. The summed E-state index contributed by atoms with van der Waals surface area (Å²) in [6, 6.07) is 7.35. The third-order valence-electron chi connectivity index (χ3n) is 4.32. The summed E-state index contributed by atoms with van der Waals surface area (Å²) in [5.74, 6) is 0. The molecule has 1 N–H and O–H groups in total. The van der Waals surface area contributed by atoms with Crippen LogP contribution in [0.4, 0.5) is 5.69 Å². The lowest BCUT2D eigenvalue weighted by Gasteiger charge is -2.27. The molecule has 5 heteroatoms. The Morgan fingerprint density at radius 1 is 1.00 bits per heavy atom. The summed E-state index contributed by atoms with van der Waals surface area (Å²) >= 11 is 0. The molecule has 2 aliphatic rings. The van der Waals surface area contributed by atoms with Crippen molar-refractivity contribution in [2.75, 3.05) is 19.3 Å². The first-order chi connectivity index (χ1) is 12.0. The topological polar surface area (TPSA) is 53.0 Å². The zero-order chi connectivity index (χ0) is 17.8. The Labute approximate surface area is 148 Å². The first kappa shape index (κ1) is 17.2. The number of anilines is 1. The predicted molar refractivity (Wildman–Crippen MR) is 101 cm³/mol. The van der Waals surface area contributed by atoms with E-state index in [1.165, 1.54) is 5.57 Å². The van der Waals surface area contributed by atoms with E-state index in [4.69, 9.17) is 0 Å². The lowest BCUT2D eigenvalue weighted by molar-refractivity contribution is 0.295. The van der Waals surface area contributed by atoms with E-state index >= 15 is 0 Å². The molecule has 130 valence electrons. The Morgan fingerprint density at radius 2 is 1.60 bits per heavy atom. The molecule has 1 heterocycles. The number of benzene rings is 1. The highest BCUT2D eigenvalue weighted by atomic mass is 16.8. The first-order valence-corrected chi connectivity index (χ1v) is 8.18. The predicted octanol–water partition coefficient (Wildman–Crippen LogP) is 3.58. The van der Waals surface area contributed by atoms with Crippen molar-refractivity contribution in [3.63, 3.8) is 0 Å². The molecule has 0 spiro atoms. The van der Waals surface area contributed by atoms with Crippen molar-refractivity contribution < 1.29 is 5.21 Å². The van der Waals surface area contributed by atoms with Gasteiger partial charge in [0, 0.05) is 25.0 Å². The normalized spacial score (nSPS) is 19.2. The van der Waals surface area contributed by atoms with Crippen molar-refractivity contribution in [2.45, 2.75) is 12.6 Å². The Hall–Kier alpha value is -2.60. The summed E-state index contributed by atoms with van der Waals surface area (Å²) < 4.78 is 0. The maximum atomic E-state index is 11.2. The second-order valence-corrected chi connectivity index (χ2v) is 6.29. The van der Waals surface area contributed by atoms with Gasteiger partial charge in [-0.25, -0.2) is 0 Å². The molecular formula is C20H22N3O2-. The van der Waals surface area contributed by atoms with E-state index in [1.54, 1.807) is 12.1 Å². The van der Waals surface area contributed by atoms with Crippen molar-refractivity contribution in [1.29, 1.82) is 0 Å². The van der Waals surface area contributed by atoms with E-state index in [-0.39, 0.29) is 10.9 Å². The molecule has 1 aliphatic heterocycles. The summed E-state index contributed by atoms with van der Waals surface area (Å²) in [5, 5.41) is 20.4. The first-order valence-electron chi connectivity index (χ1n) is 8.18. The van der Waals surface area contributed by atoms with Crippen LogP contribution < -0.4 is 5.23 Å². The second kappa shape index (κ2) is 7.53. The average Bonchev–Trinajstić information content (AvgIpc) is 2.63. The molecule has 0 radical (unpaired) electrons. The van der Waals surface area contributed by atoms with Crippen molar-refractivity contribution in [2.24, 2.45) is 0 Å². The fourth-order valence-electron chi connectivity index (χ4n) is 2.84. The molecule has 0 saturated heterocycles. The Morgan fingerprint density at radius 3 is 2.20 bits per heavy atom. The number of para-hydroxylation sites is 1. The van der Waals surface area contributed by atoms with Gasteiger partial charge in [0.2, 0.25) is 0 Å². The van der Waals surface area contributed by atoms with E-state index in [9.17, 15) is 10.4 Å². The van der Waals surface area contributed by atoms with Crippen LogP contribution in [0.5, 0.6) is 0 Å². The van der Waals surface area contributed by atoms with Crippen LogP contribution in [0.3, 0.4) is 0 Å². The van der Waals surface area contributed by atoms with Gasteiger partial charge in [-0.05, 0) is 49.0 Å². The van der Waals surface area contributed by atoms with Crippen LogP contribution in [0.2, 0.25) is 0 Å². The van der Waals surface area contributed by atoms with Gasteiger partial charge in [0.25, 0.3) is 0 Å². The van der Waals surface area contributed by atoms with Gasteiger partial charge in [-0.3, -0.25) is 10.1 Å². The lowest BCUT2D eigenvalue weighted by Crippen LogP contribution is -2.24. The van der Waals surface area contributed by atoms with Crippen molar-refractivity contribution in [3.05, 3.63) is 95.0 Å². The summed E-state index contributed by atoms with van der Waals surface area (Å²) in [5.41, 5.74) is 3.34. The summed E-state index contributed by atoms with van der Waals surface area (Å²) in [4.78, 5) is 4.13. The minimum Gasteiger partial charge on any atom is -0.733 e. The monoisotopic (exact) mass is 336 g/mol. The largest absolute Gasteiger partial charge is 0.733 e. The van der Waals surface area contributed by atoms with Crippen LogP contribution in [0.15, 0.2) is 84.3 Å². The van der Waals surface area contributed by atoms with Crippen molar-refractivity contribution in [3.8, 4) is 0 Å². The molecule has 1 aliphatic carbocycles. The minimum absolute atomic E-state index is 0.0844. The van der Waals surface area contributed by atoms with E-state index in [1.807, 2.05) is 29.4 Å². The third-order valence-corrected chi connectivity index (χ3v) is 4.32. The number of hydrogen-bond acceptors (Lipinski definition) is 5. The maximum absolute atomic E-state index is 11.2. The van der Waals surface area contributed by atoms with Gasteiger partial charge in [0.1, 0.15) is 0 Å². The lowest BCUT2D eigenvalue weighted by atomic mass is 9.99. The summed E-state index contributed by atoms with van der Waals surface area (Å²) in [6.07, 6.45) is 16.7. The minimum atomic E-state index is -0.0844. The Balaban J connectivity index is 1.71. The van der Waals surface area contributed by atoms with Crippen LogP contribution >= 0.6 is 0 Å². The number of likely N-dealkylation sites (N-methyl/N-ethyl adjacent to an activating group) is 1. The molecule has 0 saturated carbocycles. The zero-order valence-electron chi connectivity index (χ0n) is 14.4. The van der Waals surface area contributed by atoms with Gasteiger partial charge in [-0.1, -0.05) is 42.5 Å². The molecular weight excluding hydrogens is 314 g/mol. The van der Waals surface area contributed by atoms with Crippen LogP contribution in [0.1, 0.15) is 5.56 Å². The molecule has 5 nitrogen and oxygen atoms in total. The smallest absolute Gasteiger partial charge is 0.0558 e. The van der Waals surface area contributed by atoms with Crippen molar-refractivity contribution >= 4 is 5.69 Å². The fraction of sp³-hybridized carbons (Fsp3) is 0.200. The average molecular weight is 336 g/mol. The standard InChI is InChI=1S/C20H22N3O2/c1-21(2)19-9-7-16(8-10-19)17-11-13-22(14-12-17)15-18-5-3-4-6-20(18)23(24)25/h3-14,19,24H,15H2,1-2H3/q-1. The van der Waals surface area contributed by atoms with Crippen molar-refractivity contribution in [1.82, 2.24) is 9.80 Å². The molecule has 3 rings (SSSR count). The second-order valence-electron chi connectivity index (χ2n) is 6.29. The highest BCUT2D eigenvalue weighted by Crippen LogP contribution is 2.24. The van der Waals surface area contributed by atoms with Crippen LogP contribution in [-0.2, 0) is 6.54 Å². The van der Waals surface area contributed by atoms with Gasteiger partial charge in [0.05, 0.1) is 5.69 Å². The molecule has 0 bridgehead atoms. The van der Waals surface area contributed by atoms with Crippen LogP contribution in [-0.4, -0.2) is 35.1 Å². The molecule has 0 unspecified atom stereocenters. The summed E-state index contributed by atoms with van der Waals surface area (Å²) in [6.45, 7) is 0.513. The van der Waals surface area contributed by atoms with Gasteiger partial charge in [-0.2, -0.15) is 0 Å². The van der Waals surface area contributed by atoms with Gasteiger partial charge in [0.15, 0.2) is 0 Å². The van der Waals surface area contributed by atoms with Gasteiger partial charge < -0.3 is 15.3 Å². The highest BCUT2D eigenvalue weighted by Gasteiger charge is 2.11. The quantitative estimate of drug-likeness (QED) is 0.852. The molecule has 0 fully saturated rings.